The average molecular weight is 604 g/mol. The summed E-state index contributed by atoms with van der Waals surface area (Å²) in [7, 11) is -4.08. The van der Waals surface area contributed by atoms with Gasteiger partial charge in [0.05, 0.1) is 17.0 Å². The van der Waals surface area contributed by atoms with E-state index in [0.29, 0.717) is 17.0 Å². The fourth-order valence-corrected chi connectivity index (χ4v) is 5.54. The Hall–Kier alpha value is -5.01. The summed E-state index contributed by atoms with van der Waals surface area (Å²) in [6, 6.07) is 18.8. The Bertz CT molecular complexity index is 1710. The number of aromatic nitrogens is 2. The first-order chi connectivity index (χ1) is 20.7. The molecule has 0 aliphatic carbocycles. The van der Waals surface area contributed by atoms with E-state index >= 15 is 0 Å². The molecule has 5 rings (SSSR count). The number of anilines is 2. The first-order valence-electron chi connectivity index (χ1n) is 13.4. The molecular weight excluding hydrogens is 574 g/mol. The number of imidazole rings is 1. The van der Waals surface area contributed by atoms with E-state index in [1.54, 1.807) is 60.8 Å². The number of carbonyl (C=O) groups is 3. The lowest BCUT2D eigenvalue weighted by molar-refractivity contribution is -0.147. The van der Waals surface area contributed by atoms with Gasteiger partial charge in [0.1, 0.15) is 18.4 Å². The van der Waals surface area contributed by atoms with Crippen LogP contribution in [0.2, 0.25) is 0 Å². The van der Waals surface area contributed by atoms with E-state index in [-0.39, 0.29) is 30.3 Å². The molecule has 43 heavy (non-hydrogen) atoms. The molecule has 222 valence electrons. The van der Waals surface area contributed by atoms with Gasteiger partial charge in [0.2, 0.25) is 21.9 Å². The molecule has 1 aromatic heterocycles. The molecule has 4 N–H and O–H groups in total. The van der Waals surface area contributed by atoms with Crippen molar-refractivity contribution in [3.8, 4) is 5.75 Å². The van der Waals surface area contributed by atoms with Gasteiger partial charge in [0.25, 0.3) is 5.91 Å². The fraction of sp³-hybridized carbons (Fsp3) is 0.200. The highest BCUT2D eigenvalue weighted by molar-refractivity contribution is 7.89. The van der Waals surface area contributed by atoms with Crippen LogP contribution >= 0.6 is 0 Å². The second-order valence-electron chi connectivity index (χ2n) is 9.90. The molecule has 0 radical (unpaired) electrons. The maximum atomic E-state index is 13.2. The van der Waals surface area contributed by atoms with Crippen LogP contribution in [-0.4, -0.2) is 48.3 Å². The van der Waals surface area contributed by atoms with Crippen LogP contribution in [0.25, 0.3) is 0 Å². The molecule has 13 heteroatoms. The summed E-state index contributed by atoms with van der Waals surface area (Å²) in [5.74, 6) is -1.19. The third kappa shape index (κ3) is 7.64. The molecule has 0 fully saturated rings. The number of esters is 1. The van der Waals surface area contributed by atoms with Crippen LogP contribution in [0.3, 0.4) is 0 Å². The molecule has 0 saturated carbocycles. The number of hydrogen-bond acceptors (Lipinski definition) is 8. The zero-order valence-electron chi connectivity index (χ0n) is 23.1. The van der Waals surface area contributed by atoms with Crippen molar-refractivity contribution >= 4 is 39.4 Å². The van der Waals surface area contributed by atoms with Crippen molar-refractivity contribution in [2.45, 2.75) is 43.4 Å². The maximum Gasteiger partial charge on any atom is 0.324 e. The van der Waals surface area contributed by atoms with Gasteiger partial charge in [-0.15, -0.1) is 0 Å². The second-order valence-corrected chi connectivity index (χ2v) is 11.6. The Balaban J connectivity index is 1.31. The summed E-state index contributed by atoms with van der Waals surface area (Å²) < 4.78 is 40.1. The number of H-pyrrole nitrogens is 1. The summed E-state index contributed by atoms with van der Waals surface area (Å²) >= 11 is 0. The van der Waals surface area contributed by atoms with Crippen LogP contribution in [0.1, 0.15) is 23.1 Å². The second kappa shape index (κ2) is 12.9. The zero-order valence-corrected chi connectivity index (χ0v) is 23.9. The number of amides is 2. The number of benzene rings is 3. The smallest absolute Gasteiger partial charge is 0.324 e. The number of nitrogens with zero attached hydrogens (tertiary/aromatic N) is 1. The van der Waals surface area contributed by atoms with Crippen molar-refractivity contribution in [2.75, 3.05) is 10.6 Å². The van der Waals surface area contributed by atoms with Gasteiger partial charge in [0, 0.05) is 12.4 Å². The first-order valence-corrected chi connectivity index (χ1v) is 14.8. The highest BCUT2D eigenvalue weighted by Crippen LogP contribution is 2.32. The van der Waals surface area contributed by atoms with Gasteiger partial charge >= 0.3 is 5.97 Å². The third-order valence-electron chi connectivity index (χ3n) is 6.57. The predicted octanol–water partition coefficient (Wildman–Crippen LogP) is 3.08. The Kier molecular flexibility index (Phi) is 8.83. The van der Waals surface area contributed by atoms with Crippen molar-refractivity contribution in [1.82, 2.24) is 14.7 Å². The molecule has 0 spiro atoms. The molecule has 1 aliphatic heterocycles. The van der Waals surface area contributed by atoms with E-state index in [1.165, 1.54) is 18.3 Å². The van der Waals surface area contributed by atoms with E-state index in [0.717, 1.165) is 11.1 Å². The largest absolute Gasteiger partial charge is 0.478 e. The molecule has 0 bridgehead atoms. The van der Waals surface area contributed by atoms with Crippen molar-refractivity contribution in [3.05, 3.63) is 102 Å². The quantitative estimate of drug-likeness (QED) is 0.190. The van der Waals surface area contributed by atoms with Crippen LogP contribution < -0.4 is 20.1 Å². The van der Waals surface area contributed by atoms with E-state index in [4.69, 9.17) is 9.47 Å². The normalized spacial score (nSPS) is 15.0. The van der Waals surface area contributed by atoms with Gasteiger partial charge in [-0.2, -0.15) is 4.72 Å². The number of nitrogens with one attached hydrogen (secondary N) is 4. The summed E-state index contributed by atoms with van der Waals surface area (Å²) in [4.78, 5) is 44.9. The molecule has 0 saturated heterocycles. The third-order valence-corrected chi connectivity index (χ3v) is 8.05. The summed E-state index contributed by atoms with van der Waals surface area (Å²) in [6.07, 6.45) is 1.64. The monoisotopic (exact) mass is 603 g/mol. The minimum Gasteiger partial charge on any atom is -0.478 e. The topological polar surface area (TPSA) is 169 Å². The van der Waals surface area contributed by atoms with Crippen molar-refractivity contribution < 1.29 is 32.3 Å². The van der Waals surface area contributed by atoms with E-state index in [1.807, 2.05) is 13.0 Å². The number of aryl methyl sites for hydroxylation is 1. The van der Waals surface area contributed by atoms with Gasteiger partial charge in [-0.3, -0.25) is 19.7 Å². The molecular formula is C30H29N5O7S. The Morgan fingerprint density at radius 2 is 1.81 bits per heavy atom. The Morgan fingerprint density at radius 3 is 2.53 bits per heavy atom. The summed E-state index contributed by atoms with van der Waals surface area (Å²) in [5, 5.41) is 5.26. The Labute approximate surface area is 247 Å². The SMILES string of the molecule is Cc1ccc(S(=O)(=O)N[C@@H](Cc2ccc3c(c2)NC(=O)C(CC(=O)Nc2ncc[nH]2)O3)C(=O)OCc2ccccc2)cc1. The van der Waals surface area contributed by atoms with Gasteiger partial charge in [-0.25, -0.2) is 13.4 Å². The minimum atomic E-state index is -4.08. The lowest BCUT2D eigenvalue weighted by Gasteiger charge is -2.26. The van der Waals surface area contributed by atoms with Crippen LogP contribution in [0.5, 0.6) is 5.75 Å². The molecule has 2 atom stereocenters. The highest BCUT2D eigenvalue weighted by atomic mass is 32.2. The summed E-state index contributed by atoms with van der Waals surface area (Å²) in [5.41, 5.74) is 2.49. The van der Waals surface area contributed by atoms with Gasteiger partial charge < -0.3 is 19.8 Å². The standard InChI is InChI=1S/C30H29N5O7S/c1-19-7-10-22(11-8-19)43(39,40)35-24(29(38)41-18-20-5-3-2-4-6-20)16-21-9-12-25-23(15-21)33-28(37)26(42-25)17-27(36)34-30-31-13-14-32-30/h2-15,24,26,35H,16-18H2,1H3,(H,33,37)(H2,31,32,34,36)/t24-,26?/m0/s1. The number of carbonyl (C=O) groups excluding carboxylic acids is 3. The van der Waals surface area contributed by atoms with Crippen LogP contribution in [-0.2, 0) is 42.2 Å². The molecule has 3 aromatic carbocycles. The number of sulfonamides is 1. The van der Waals surface area contributed by atoms with Gasteiger partial charge in [0.15, 0.2) is 6.10 Å². The summed E-state index contributed by atoms with van der Waals surface area (Å²) in [6.45, 7) is 1.80. The molecule has 2 heterocycles. The van der Waals surface area contributed by atoms with Gasteiger partial charge in [-0.05, 0) is 48.7 Å². The Morgan fingerprint density at radius 1 is 1.05 bits per heavy atom. The van der Waals surface area contributed by atoms with E-state index < -0.39 is 40.0 Å². The first kappa shape index (κ1) is 29.5. The predicted molar refractivity (Wildman–Crippen MR) is 157 cm³/mol. The molecule has 2 amide bonds. The molecule has 1 unspecified atom stereocenters. The zero-order chi connectivity index (χ0) is 30.4. The number of ether oxygens (including phenoxy) is 2. The van der Waals surface area contributed by atoms with Crippen molar-refractivity contribution in [2.24, 2.45) is 0 Å². The van der Waals surface area contributed by atoms with Crippen molar-refractivity contribution in [3.63, 3.8) is 0 Å². The lowest BCUT2D eigenvalue weighted by atomic mass is 10.0. The number of hydrogen-bond donors (Lipinski definition) is 4. The van der Waals surface area contributed by atoms with Crippen LogP contribution in [0, 0.1) is 6.92 Å². The molecule has 1 aliphatic rings. The maximum absolute atomic E-state index is 13.2. The minimum absolute atomic E-state index is 0.00666. The molecule has 12 nitrogen and oxygen atoms in total. The highest BCUT2D eigenvalue weighted by Gasteiger charge is 2.32. The lowest BCUT2D eigenvalue weighted by Crippen LogP contribution is -2.43. The van der Waals surface area contributed by atoms with Gasteiger partial charge in [-0.1, -0.05) is 54.1 Å². The number of fused-ring (bicyclic) bond motifs is 1. The fourth-order valence-electron chi connectivity index (χ4n) is 4.35. The number of rotatable bonds is 11. The number of aromatic amines is 1. The molecule has 4 aromatic rings. The van der Waals surface area contributed by atoms with Crippen LogP contribution in [0.4, 0.5) is 11.6 Å². The van der Waals surface area contributed by atoms with E-state index in [9.17, 15) is 22.8 Å². The van der Waals surface area contributed by atoms with E-state index in [2.05, 4.69) is 25.3 Å². The van der Waals surface area contributed by atoms with Crippen molar-refractivity contribution in [1.29, 1.82) is 0 Å². The average Bonchev–Trinajstić information content (AvgIpc) is 3.49. The van der Waals surface area contributed by atoms with Crippen LogP contribution in [0.15, 0.2) is 90.1 Å².